The number of rotatable bonds is 0. The van der Waals surface area contributed by atoms with Gasteiger partial charge in [-0.1, -0.05) is 50.9 Å². The van der Waals surface area contributed by atoms with Crippen LogP contribution in [0.4, 0.5) is 13.2 Å². The number of alkyl halides is 3. The van der Waals surface area contributed by atoms with E-state index in [4.69, 9.17) is 23.2 Å². The Morgan fingerprint density at radius 3 is 1.38 bits per heavy atom. The fourth-order valence-electron chi connectivity index (χ4n) is 0.717. The lowest BCUT2D eigenvalue weighted by molar-refractivity contribution is -0.137. The molecule has 0 nitrogen and oxygen atoms in total. The molecule has 0 bridgehead atoms. The van der Waals surface area contributed by atoms with Crippen LogP contribution in [0.1, 0.15) is 33.3 Å². The Morgan fingerprint density at radius 1 is 0.812 bits per heavy atom. The molecule has 1 rings (SSSR count). The minimum atomic E-state index is -4.39. The van der Waals surface area contributed by atoms with E-state index < -0.39 is 11.7 Å². The summed E-state index contributed by atoms with van der Waals surface area (Å²) in [4.78, 5) is 0. The molecule has 0 aromatic heterocycles. The topological polar surface area (TPSA) is 0 Å². The van der Waals surface area contributed by atoms with Gasteiger partial charge in [-0.05, 0) is 18.2 Å². The maximum Gasteiger partial charge on any atom is 0.416 e. The van der Waals surface area contributed by atoms with Gasteiger partial charge in [0.25, 0.3) is 0 Å². The minimum absolute atomic E-state index is 0.0187. The molecule has 0 fully saturated rings. The second-order valence-electron chi connectivity index (χ2n) is 2.16. The molecule has 1 aromatic carbocycles. The van der Waals surface area contributed by atoms with Gasteiger partial charge in [-0.2, -0.15) is 13.2 Å². The monoisotopic (exact) mass is 274 g/mol. The van der Waals surface area contributed by atoms with E-state index >= 15 is 0 Å². The lowest BCUT2D eigenvalue weighted by Crippen LogP contribution is -2.04. The van der Waals surface area contributed by atoms with Crippen LogP contribution >= 0.6 is 23.2 Å². The predicted octanol–water partition coefficient (Wildman–Crippen LogP) is 6.06. The molecule has 0 saturated heterocycles. The third-order valence-electron chi connectivity index (χ3n) is 1.19. The largest absolute Gasteiger partial charge is 0.416 e. The Kier molecular flexibility index (Phi) is 9.78. The average molecular weight is 275 g/mol. The normalized spacial score (nSPS) is 9.56. The maximum atomic E-state index is 12.0. The van der Waals surface area contributed by atoms with Gasteiger partial charge in [0.1, 0.15) is 0 Å². The molecule has 0 heterocycles. The molecular formula is C11H15Cl2F3. The van der Waals surface area contributed by atoms with Crippen LogP contribution in [0.2, 0.25) is 10.0 Å². The molecular weight excluding hydrogens is 260 g/mol. The lowest BCUT2D eigenvalue weighted by atomic mass is 10.2. The smallest absolute Gasteiger partial charge is 0.166 e. The highest BCUT2D eigenvalue weighted by molar-refractivity contribution is 6.34. The highest BCUT2D eigenvalue weighted by atomic mass is 35.5. The number of hydrogen-bond acceptors (Lipinski definition) is 0. The van der Waals surface area contributed by atoms with Gasteiger partial charge in [0.2, 0.25) is 0 Å². The van der Waals surface area contributed by atoms with Crippen molar-refractivity contribution in [1.29, 1.82) is 0 Å². The molecule has 5 heteroatoms. The zero-order chi connectivity index (χ0) is 13.4. The van der Waals surface area contributed by atoms with Crippen LogP contribution in [-0.4, -0.2) is 0 Å². The van der Waals surface area contributed by atoms with Gasteiger partial charge >= 0.3 is 6.18 Å². The molecule has 0 atom stereocenters. The third kappa shape index (κ3) is 6.96. The summed E-state index contributed by atoms with van der Waals surface area (Å²) >= 11 is 10.7. The van der Waals surface area contributed by atoms with Gasteiger partial charge in [-0.3, -0.25) is 0 Å². The van der Waals surface area contributed by atoms with Gasteiger partial charge in [-0.15, -0.1) is 0 Å². The van der Waals surface area contributed by atoms with E-state index in [1.165, 1.54) is 6.07 Å². The first-order valence-electron chi connectivity index (χ1n) is 4.93. The standard InChI is InChI=1S/C7H3Cl2F3.2C2H6/c8-5-1-4(7(10,11)12)2-6(9)3-5;2*1-2/h1-3H;2*1-2H3. The van der Waals surface area contributed by atoms with Crippen molar-refractivity contribution in [1.82, 2.24) is 0 Å². The second-order valence-corrected chi connectivity index (χ2v) is 3.03. The average Bonchev–Trinajstić information content (AvgIpc) is 2.21. The molecule has 0 radical (unpaired) electrons. The predicted molar refractivity (Wildman–Crippen MR) is 64.2 cm³/mol. The van der Waals surface area contributed by atoms with Crippen molar-refractivity contribution < 1.29 is 13.2 Å². The van der Waals surface area contributed by atoms with Crippen molar-refractivity contribution in [3.63, 3.8) is 0 Å². The molecule has 0 N–H and O–H groups in total. The molecule has 0 amide bonds. The van der Waals surface area contributed by atoms with Crippen LogP contribution in [-0.2, 0) is 6.18 Å². The van der Waals surface area contributed by atoms with E-state index in [2.05, 4.69) is 0 Å². The summed E-state index contributed by atoms with van der Waals surface area (Å²) in [5.74, 6) is 0. The van der Waals surface area contributed by atoms with E-state index in [0.717, 1.165) is 12.1 Å². The Balaban J connectivity index is 0. The maximum absolute atomic E-state index is 12.0. The SMILES string of the molecule is CC.CC.FC(F)(F)c1cc(Cl)cc(Cl)c1. The van der Waals surface area contributed by atoms with Gasteiger partial charge in [-0.25, -0.2) is 0 Å². The van der Waals surface area contributed by atoms with Crippen molar-refractivity contribution in [3.05, 3.63) is 33.8 Å². The Hall–Kier alpha value is -0.410. The van der Waals surface area contributed by atoms with Gasteiger partial charge in [0, 0.05) is 10.0 Å². The van der Waals surface area contributed by atoms with Crippen molar-refractivity contribution in [2.24, 2.45) is 0 Å². The third-order valence-corrected chi connectivity index (χ3v) is 1.63. The minimum Gasteiger partial charge on any atom is -0.166 e. The fourth-order valence-corrected chi connectivity index (χ4v) is 1.24. The second kappa shape index (κ2) is 8.71. The molecule has 0 aliphatic rings. The van der Waals surface area contributed by atoms with Gasteiger partial charge in [0.15, 0.2) is 0 Å². The van der Waals surface area contributed by atoms with Crippen molar-refractivity contribution >= 4 is 23.2 Å². The molecule has 0 unspecified atom stereocenters. The molecule has 0 saturated carbocycles. The summed E-state index contributed by atoms with van der Waals surface area (Å²) in [6, 6.07) is 2.90. The van der Waals surface area contributed by atoms with E-state index in [0.29, 0.717) is 0 Å². The first-order chi connectivity index (χ1) is 7.39. The zero-order valence-corrected chi connectivity index (χ0v) is 11.1. The van der Waals surface area contributed by atoms with E-state index in [-0.39, 0.29) is 10.0 Å². The van der Waals surface area contributed by atoms with Crippen LogP contribution in [0.25, 0.3) is 0 Å². The van der Waals surface area contributed by atoms with E-state index in [1.54, 1.807) is 0 Å². The Morgan fingerprint density at radius 2 is 1.12 bits per heavy atom. The van der Waals surface area contributed by atoms with Crippen molar-refractivity contribution in [2.75, 3.05) is 0 Å². The summed E-state index contributed by atoms with van der Waals surface area (Å²) < 4.78 is 36.1. The summed E-state index contributed by atoms with van der Waals surface area (Å²) in [6.07, 6.45) is -4.39. The zero-order valence-electron chi connectivity index (χ0n) is 9.62. The molecule has 94 valence electrons. The summed E-state index contributed by atoms with van der Waals surface area (Å²) in [7, 11) is 0. The van der Waals surface area contributed by atoms with Crippen LogP contribution in [0.15, 0.2) is 18.2 Å². The first kappa shape index (κ1) is 18.0. The molecule has 0 aliphatic carbocycles. The quantitative estimate of drug-likeness (QED) is 0.539. The molecule has 16 heavy (non-hydrogen) atoms. The van der Waals surface area contributed by atoms with Crippen LogP contribution < -0.4 is 0 Å². The van der Waals surface area contributed by atoms with E-state index in [9.17, 15) is 13.2 Å². The molecule has 0 spiro atoms. The molecule has 1 aromatic rings. The number of halogens is 5. The highest BCUT2D eigenvalue weighted by Crippen LogP contribution is 2.32. The number of hydrogen-bond donors (Lipinski definition) is 0. The highest BCUT2D eigenvalue weighted by Gasteiger charge is 2.30. The fraction of sp³-hybridized carbons (Fsp3) is 0.455. The molecule has 0 aliphatic heterocycles. The number of benzene rings is 1. The van der Waals surface area contributed by atoms with Crippen LogP contribution in [0, 0.1) is 0 Å². The van der Waals surface area contributed by atoms with Crippen LogP contribution in [0.5, 0.6) is 0 Å². The first-order valence-corrected chi connectivity index (χ1v) is 5.68. The lowest BCUT2D eigenvalue weighted by Gasteiger charge is -2.06. The van der Waals surface area contributed by atoms with Gasteiger partial charge < -0.3 is 0 Å². The van der Waals surface area contributed by atoms with E-state index in [1.807, 2.05) is 27.7 Å². The summed E-state index contributed by atoms with van der Waals surface area (Å²) in [6.45, 7) is 8.00. The van der Waals surface area contributed by atoms with Crippen LogP contribution in [0.3, 0.4) is 0 Å². The summed E-state index contributed by atoms with van der Waals surface area (Å²) in [5.41, 5.74) is -0.833. The summed E-state index contributed by atoms with van der Waals surface area (Å²) in [5, 5.41) is -0.0374. The van der Waals surface area contributed by atoms with Gasteiger partial charge in [0.05, 0.1) is 5.56 Å². The Bertz CT molecular complexity index is 276. The van der Waals surface area contributed by atoms with Crippen molar-refractivity contribution in [2.45, 2.75) is 33.9 Å². The van der Waals surface area contributed by atoms with Crippen molar-refractivity contribution in [3.8, 4) is 0 Å². The Labute approximate surface area is 104 Å².